The van der Waals surface area contributed by atoms with Gasteiger partial charge in [-0.15, -0.1) is 0 Å². The normalized spacial score (nSPS) is 16.5. The van der Waals surface area contributed by atoms with Crippen molar-refractivity contribution in [1.82, 2.24) is 14.9 Å². The molecule has 154 valence electrons. The Balaban J connectivity index is 1.46. The first-order valence-electron chi connectivity index (χ1n) is 10.9. The second-order valence-corrected chi connectivity index (χ2v) is 8.17. The first kappa shape index (κ1) is 19.1. The van der Waals surface area contributed by atoms with Gasteiger partial charge in [-0.2, -0.15) is 0 Å². The fourth-order valence-corrected chi connectivity index (χ4v) is 4.52. The number of fused-ring (bicyclic) bond motifs is 1. The minimum Gasteiger partial charge on any atom is -0.497 e. The highest BCUT2D eigenvalue weighted by Crippen LogP contribution is 2.32. The average molecular weight is 401 g/mol. The number of hydrogen-bond acceptors (Lipinski definition) is 5. The van der Waals surface area contributed by atoms with Crippen LogP contribution in [0.3, 0.4) is 0 Å². The fourth-order valence-electron chi connectivity index (χ4n) is 4.52. The summed E-state index contributed by atoms with van der Waals surface area (Å²) in [7, 11) is 1.72. The third-order valence-electron chi connectivity index (χ3n) is 6.10. The standard InChI is InChI=1S/C25H28N4O/c1-30-21-11-7-8-19(16-21)17-28-15-12-23-22(18-28)25(29-13-5-6-14-29)27-24(26-23)20-9-3-2-4-10-20/h2-4,7-11,16H,5-6,12-15,17-18H2,1H3. The molecule has 0 unspecified atom stereocenters. The van der Waals surface area contributed by atoms with Crippen molar-refractivity contribution in [3.63, 3.8) is 0 Å². The molecule has 0 aliphatic carbocycles. The predicted molar refractivity (Wildman–Crippen MR) is 120 cm³/mol. The summed E-state index contributed by atoms with van der Waals surface area (Å²) in [6.45, 7) is 5.00. The lowest BCUT2D eigenvalue weighted by Crippen LogP contribution is -2.33. The summed E-state index contributed by atoms with van der Waals surface area (Å²) in [5, 5.41) is 0. The van der Waals surface area contributed by atoms with Crippen LogP contribution in [0.4, 0.5) is 5.82 Å². The van der Waals surface area contributed by atoms with Gasteiger partial charge >= 0.3 is 0 Å². The Morgan fingerprint density at radius 3 is 2.57 bits per heavy atom. The molecule has 5 heteroatoms. The van der Waals surface area contributed by atoms with Crippen molar-refractivity contribution in [3.8, 4) is 17.1 Å². The number of methoxy groups -OCH3 is 1. The number of nitrogens with zero attached hydrogens (tertiary/aromatic N) is 4. The van der Waals surface area contributed by atoms with Crippen LogP contribution in [0, 0.1) is 0 Å². The van der Waals surface area contributed by atoms with Crippen molar-refractivity contribution in [2.75, 3.05) is 31.6 Å². The molecule has 1 aromatic heterocycles. The van der Waals surface area contributed by atoms with Crippen LogP contribution in [0.5, 0.6) is 5.75 Å². The highest BCUT2D eigenvalue weighted by molar-refractivity contribution is 5.61. The minimum atomic E-state index is 0.859. The van der Waals surface area contributed by atoms with Crippen molar-refractivity contribution in [3.05, 3.63) is 71.4 Å². The van der Waals surface area contributed by atoms with E-state index in [2.05, 4.69) is 52.3 Å². The molecule has 0 radical (unpaired) electrons. The van der Waals surface area contributed by atoms with Crippen molar-refractivity contribution in [1.29, 1.82) is 0 Å². The lowest BCUT2D eigenvalue weighted by atomic mass is 10.0. The van der Waals surface area contributed by atoms with E-state index in [4.69, 9.17) is 14.7 Å². The molecule has 2 aliphatic heterocycles. The average Bonchev–Trinajstić information content (AvgIpc) is 3.34. The SMILES string of the molecule is COc1cccc(CN2CCc3nc(-c4ccccc4)nc(N4CCCC4)c3C2)c1. The van der Waals surface area contributed by atoms with E-state index in [9.17, 15) is 0 Å². The van der Waals surface area contributed by atoms with Crippen molar-refractivity contribution in [2.24, 2.45) is 0 Å². The van der Waals surface area contributed by atoms with Crippen molar-refractivity contribution >= 4 is 5.82 Å². The maximum atomic E-state index is 5.40. The number of hydrogen-bond donors (Lipinski definition) is 0. The number of aromatic nitrogens is 2. The highest BCUT2D eigenvalue weighted by atomic mass is 16.5. The van der Waals surface area contributed by atoms with E-state index in [-0.39, 0.29) is 0 Å². The zero-order valence-electron chi connectivity index (χ0n) is 17.6. The van der Waals surface area contributed by atoms with Gasteiger partial charge in [-0.3, -0.25) is 4.90 Å². The largest absolute Gasteiger partial charge is 0.497 e. The summed E-state index contributed by atoms with van der Waals surface area (Å²) < 4.78 is 5.40. The van der Waals surface area contributed by atoms with E-state index in [0.717, 1.165) is 62.1 Å². The molecule has 1 saturated heterocycles. The summed E-state index contributed by atoms with van der Waals surface area (Å²) >= 11 is 0. The Labute approximate surface area is 178 Å². The topological polar surface area (TPSA) is 41.5 Å². The number of ether oxygens (including phenoxy) is 1. The molecule has 30 heavy (non-hydrogen) atoms. The molecule has 2 aromatic carbocycles. The van der Waals surface area contributed by atoms with E-state index in [0.29, 0.717) is 0 Å². The number of rotatable bonds is 5. The van der Waals surface area contributed by atoms with Crippen LogP contribution in [0.1, 0.15) is 29.7 Å². The highest BCUT2D eigenvalue weighted by Gasteiger charge is 2.27. The summed E-state index contributed by atoms with van der Waals surface area (Å²) in [5.74, 6) is 2.92. The molecule has 0 spiro atoms. The Morgan fingerprint density at radius 1 is 0.933 bits per heavy atom. The monoisotopic (exact) mass is 400 g/mol. The van der Waals surface area contributed by atoms with Gasteiger partial charge in [0.15, 0.2) is 5.82 Å². The summed E-state index contributed by atoms with van der Waals surface area (Å²) in [4.78, 5) is 15.0. The van der Waals surface area contributed by atoms with Crippen LogP contribution in [-0.2, 0) is 19.5 Å². The first-order valence-corrected chi connectivity index (χ1v) is 10.9. The van der Waals surface area contributed by atoms with Gasteiger partial charge in [0.1, 0.15) is 11.6 Å². The van der Waals surface area contributed by atoms with Gasteiger partial charge in [-0.05, 0) is 30.5 Å². The zero-order chi connectivity index (χ0) is 20.3. The number of benzene rings is 2. The van der Waals surface area contributed by atoms with E-state index < -0.39 is 0 Å². The zero-order valence-corrected chi connectivity index (χ0v) is 17.6. The van der Waals surface area contributed by atoms with Crippen LogP contribution in [-0.4, -0.2) is 41.6 Å². The summed E-state index contributed by atoms with van der Waals surface area (Å²) in [6, 6.07) is 18.7. The second-order valence-electron chi connectivity index (χ2n) is 8.17. The molecule has 1 fully saturated rings. The maximum Gasteiger partial charge on any atom is 0.161 e. The van der Waals surface area contributed by atoms with Gasteiger partial charge in [0.25, 0.3) is 0 Å². The van der Waals surface area contributed by atoms with Crippen LogP contribution >= 0.6 is 0 Å². The van der Waals surface area contributed by atoms with Crippen LogP contribution in [0.2, 0.25) is 0 Å². The van der Waals surface area contributed by atoms with Gasteiger partial charge in [-0.25, -0.2) is 9.97 Å². The van der Waals surface area contributed by atoms with Gasteiger partial charge in [0, 0.05) is 50.3 Å². The molecule has 0 atom stereocenters. The molecular weight excluding hydrogens is 372 g/mol. The lowest BCUT2D eigenvalue weighted by molar-refractivity contribution is 0.243. The molecule has 0 bridgehead atoms. The fraction of sp³-hybridized carbons (Fsp3) is 0.360. The molecule has 0 N–H and O–H groups in total. The molecule has 5 nitrogen and oxygen atoms in total. The van der Waals surface area contributed by atoms with Crippen LogP contribution in [0.15, 0.2) is 54.6 Å². The van der Waals surface area contributed by atoms with Gasteiger partial charge < -0.3 is 9.64 Å². The quantitative estimate of drug-likeness (QED) is 0.638. The van der Waals surface area contributed by atoms with Crippen LogP contribution in [0.25, 0.3) is 11.4 Å². The third-order valence-corrected chi connectivity index (χ3v) is 6.10. The third kappa shape index (κ3) is 3.90. The van der Waals surface area contributed by atoms with Gasteiger partial charge in [0.05, 0.1) is 12.8 Å². The number of anilines is 1. The smallest absolute Gasteiger partial charge is 0.161 e. The van der Waals surface area contributed by atoms with Crippen molar-refractivity contribution in [2.45, 2.75) is 32.4 Å². The minimum absolute atomic E-state index is 0.859. The Morgan fingerprint density at radius 2 is 1.77 bits per heavy atom. The maximum absolute atomic E-state index is 5.40. The van der Waals surface area contributed by atoms with E-state index in [1.165, 1.54) is 29.7 Å². The van der Waals surface area contributed by atoms with Crippen LogP contribution < -0.4 is 9.64 Å². The van der Waals surface area contributed by atoms with Gasteiger partial charge in [0.2, 0.25) is 0 Å². The second kappa shape index (κ2) is 8.44. The molecular formula is C25H28N4O. The van der Waals surface area contributed by atoms with E-state index in [1.807, 2.05) is 12.1 Å². The molecule has 5 rings (SSSR count). The molecule has 0 amide bonds. The Hall–Kier alpha value is -2.92. The van der Waals surface area contributed by atoms with Crippen molar-refractivity contribution < 1.29 is 4.74 Å². The Bertz CT molecular complexity index is 1010. The lowest BCUT2D eigenvalue weighted by Gasteiger charge is -2.32. The predicted octanol–water partition coefficient (Wildman–Crippen LogP) is 4.31. The summed E-state index contributed by atoms with van der Waals surface area (Å²) in [6.07, 6.45) is 3.45. The van der Waals surface area contributed by atoms with E-state index in [1.54, 1.807) is 7.11 Å². The van der Waals surface area contributed by atoms with Gasteiger partial charge in [-0.1, -0.05) is 42.5 Å². The Kier molecular flexibility index (Phi) is 5.37. The molecule has 3 heterocycles. The molecule has 2 aliphatic rings. The van der Waals surface area contributed by atoms with E-state index >= 15 is 0 Å². The first-order chi connectivity index (χ1) is 14.8. The molecule has 3 aromatic rings. The summed E-state index contributed by atoms with van der Waals surface area (Å²) in [5.41, 5.74) is 4.90. The molecule has 0 saturated carbocycles.